The number of hydrogen-bond acceptors (Lipinski definition) is 7. The van der Waals surface area contributed by atoms with Crippen LogP contribution >= 0.6 is 0 Å². The number of hydrogen-bond donors (Lipinski definition) is 2. The number of carbonyl (C=O) groups excluding carboxylic acids is 1. The average molecular weight is 622 g/mol. The van der Waals surface area contributed by atoms with Gasteiger partial charge < -0.3 is 24.8 Å². The smallest absolute Gasteiger partial charge is 0.381 e. The van der Waals surface area contributed by atoms with Crippen molar-refractivity contribution >= 4 is 17.3 Å². The number of nitrogens with one attached hydrogen (secondary N) is 2. The third kappa shape index (κ3) is 5.68. The fraction of sp³-hybridized carbons (Fsp3) is 0.515. The number of aryl methyl sites for hydroxylation is 1. The Balaban J connectivity index is 1.41. The summed E-state index contributed by atoms with van der Waals surface area (Å²) in [6.07, 6.45) is 1.52. The van der Waals surface area contributed by atoms with Crippen LogP contribution in [0, 0.1) is 11.3 Å². The van der Waals surface area contributed by atoms with Crippen molar-refractivity contribution in [2.45, 2.75) is 94.7 Å². The van der Waals surface area contributed by atoms with Gasteiger partial charge in [0, 0.05) is 49.2 Å². The zero-order chi connectivity index (χ0) is 32.1. The maximum atomic E-state index is 14.4. The van der Waals surface area contributed by atoms with Crippen LogP contribution in [0.5, 0.6) is 0 Å². The Bertz CT molecular complexity index is 1650. The molecule has 12 heteroatoms. The van der Waals surface area contributed by atoms with Gasteiger partial charge in [0.05, 0.1) is 36.1 Å². The number of nitrogens with zero attached hydrogens (tertiary/aromatic N) is 5. The molecule has 3 aliphatic rings. The number of aromatic nitrogens is 3. The number of rotatable bonds is 10. The summed E-state index contributed by atoms with van der Waals surface area (Å²) in [7, 11) is 3.53. The molecule has 45 heavy (non-hydrogen) atoms. The summed E-state index contributed by atoms with van der Waals surface area (Å²) in [5.74, 6) is 0.258. The first kappa shape index (κ1) is 31.0. The Morgan fingerprint density at radius 1 is 1.20 bits per heavy atom. The number of nitriles is 1. The van der Waals surface area contributed by atoms with Crippen LogP contribution in [0.1, 0.15) is 90.8 Å². The minimum absolute atomic E-state index is 0.0134. The van der Waals surface area contributed by atoms with Crippen LogP contribution < -0.4 is 15.5 Å². The Labute approximate surface area is 260 Å². The lowest BCUT2D eigenvalue weighted by Gasteiger charge is -2.46. The van der Waals surface area contributed by atoms with Crippen molar-refractivity contribution in [3.63, 3.8) is 0 Å². The quantitative estimate of drug-likeness (QED) is 0.293. The van der Waals surface area contributed by atoms with Crippen molar-refractivity contribution < 1.29 is 22.7 Å². The predicted octanol–water partition coefficient (Wildman–Crippen LogP) is 5.84. The number of amides is 1. The van der Waals surface area contributed by atoms with E-state index < -0.39 is 23.1 Å². The molecule has 6 rings (SSSR count). The van der Waals surface area contributed by atoms with E-state index in [9.17, 15) is 23.2 Å². The van der Waals surface area contributed by atoms with E-state index in [1.807, 2.05) is 30.7 Å². The van der Waals surface area contributed by atoms with Gasteiger partial charge in [-0.1, -0.05) is 0 Å². The highest BCUT2D eigenvalue weighted by atomic mass is 19.4. The third-order valence-electron chi connectivity index (χ3n) is 9.80. The first-order valence-electron chi connectivity index (χ1n) is 15.3. The Morgan fingerprint density at radius 3 is 2.56 bits per heavy atom. The number of ether oxygens (including phenoxy) is 1. The SMILES string of the molecule is COC1CC(c2cc(N[C@@H](C)CC#N)cc(N3Cc4c(cc(CNC5(C)CCC5)cc4C(F)(F)F)C3=O)c2)(c2nncn2C)C1. The van der Waals surface area contributed by atoms with Gasteiger partial charge in [-0.25, -0.2) is 0 Å². The van der Waals surface area contributed by atoms with Crippen molar-refractivity contribution in [1.82, 2.24) is 20.1 Å². The average Bonchev–Trinajstić information content (AvgIpc) is 3.52. The number of anilines is 2. The van der Waals surface area contributed by atoms with E-state index in [0.717, 1.165) is 30.7 Å². The van der Waals surface area contributed by atoms with Crippen LogP contribution in [0.2, 0.25) is 0 Å². The Morgan fingerprint density at radius 2 is 1.96 bits per heavy atom. The summed E-state index contributed by atoms with van der Waals surface area (Å²) in [6, 6.07) is 10.4. The van der Waals surface area contributed by atoms with Crippen LogP contribution in [-0.2, 0) is 36.5 Å². The molecular weight excluding hydrogens is 583 g/mol. The number of halogens is 3. The summed E-state index contributed by atoms with van der Waals surface area (Å²) in [5.41, 5.74) is 1.01. The molecule has 3 aromatic rings. The molecule has 0 saturated heterocycles. The fourth-order valence-electron chi connectivity index (χ4n) is 6.98. The lowest BCUT2D eigenvalue weighted by molar-refractivity contribution is -0.138. The summed E-state index contributed by atoms with van der Waals surface area (Å²) >= 11 is 0. The van der Waals surface area contributed by atoms with Crippen LogP contribution in [0.4, 0.5) is 24.5 Å². The molecule has 9 nitrogen and oxygen atoms in total. The molecule has 2 aromatic carbocycles. The first-order valence-corrected chi connectivity index (χ1v) is 15.3. The highest BCUT2D eigenvalue weighted by Gasteiger charge is 2.51. The van der Waals surface area contributed by atoms with E-state index in [0.29, 0.717) is 29.8 Å². The van der Waals surface area contributed by atoms with Gasteiger partial charge >= 0.3 is 6.18 Å². The topological polar surface area (TPSA) is 108 Å². The zero-order valence-electron chi connectivity index (χ0n) is 26.0. The largest absolute Gasteiger partial charge is 0.416 e. The standard InChI is InChI=1S/C33H38F3N7O2/c1-20(6-9-37)40-23-12-22(32(15-25(16-32)45-4)30-41-39-19-42(30)3)13-24(14-23)43-18-27-26(29(43)44)10-21(11-28(27)33(34,35)36)17-38-31(2)7-5-8-31/h10-14,19-20,25,38,40H,5-8,15-18H2,1-4H3/t20-,25?,32?/m0/s1. The van der Waals surface area contributed by atoms with Gasteiger partial charge in [-0.2, -0.15) is 18.4 Å². The van der Waals surface area contributed by atoms with Gasteiger partial charge in [0.2, 0.25) is 0 Å². The summed E-state index contributed by atoms with van der Waals surface area (Å²) < 4.78 is 50.8. The maximum Gasteiger partial charge on any atom is 0.416 e. The summed E-state index contributed by atoms with van der Waals surface area (Å²) in [4.78, 5) is 15.4. The molecule has 2 fully saturated rings. The molecular formula is C33H38F3N7O2. The van der Waals surface area contributed by atoms with Crippen molar-refractivity contribution in [1.29, 1.82) is 5.26 Å². The first-order chi connectivity index (χ1) is 21.4. The Kier molecular flexibility index (Phi) is 7.90. The minimum Gasteiger partial charge on any atom is -0.381 e. The van der Waals surface area contributed by atoms with E-state index in [2.05, 4.69) is 33.8 Å². The van der Waals surface area contributed by atoms with Gasteiger partial charge in [0.15, 0.2) is 0 Å². The zero-order valence-corrected chi connectivity index (χ0v) is 26.0. The molecule has 0 bridgehead atoms. The van der Waals surface area contributed by atoms with Crippen LogP contribution in [0.3, 0.4) is 0 Å². The molecule has 1 aliphatic heterocycles. The predicted molar refractivity (Wildman–Crippen MR) is 163 cm³/mol. The van der Waals surface area contributed by atoms with Crippen molar-refractivity contribution in [2.24, 2.45) is 7.05 Å². The second-order valence-electron chi connectivity index (χ2n) is 13.1. The van der Waals surface area contributed by atoms with Crippen molar-refractivity contribution in [3.05, 3.63) is 70.3 Å². The second kappa shape index (κ2) is 11.4. The molecule has 238 valence electrons. The number of fused-ring (bicyclic) bond motifs is 1. The van der Waals surface area contributed by atoms with Gasteiger partial charge in [0.25, 0.3) is 5.91 Å². The fourth-order valence-corrected chi connectivity index (χ4v) is 6.98. The molecule has 1 aromatic heterocycles. The van der Waals surface area contributed by atoms with E-state index in [4.69, 9.17) is 4.74 Å². The van der Waals surface area contributed by atoms with E-state index >= 15 is 0 Å². The molecule has 1 amide bonds. The summed E-state index contributed by atoms with van der Waals surface area (Å²) in [6.45, 7) is 4.00. The molecule has 0 radical (unpaired) electrons. The maximum absolute atomic E-state index is 14.4. The highest BCUT2D eigenvalue weighted by Crippen LogP contribution is 2.51. The van der Waals surface area contributed by atoms with Crippen LogP contribution in [-0.4, -0.2) is 45.5 Å². The van der Waals surface area contributed by atoms with E-state index in [1.165, 1.54) is 11.0 Å². The third-order valence-corrected chi connectivity index (χ3v) is 9.80. The molecule has 2 heterocycles. The lowest BCUT2D eigenvalue weighted by Crippen LogP contribution is -2.48. The molecule has 2 N–H and O–H groups in total. The van der Waals surface area contributed by atoms with Gasteiger partial charge in [-0.15, -0.1) is 10.2 Å². The van der Waals surface area contributed by atoms with Crippen molar-refractivity contribution in [2.75, 3.05) is 17.3 Å². The van der Waals surface area contributed by atoms with E-state index in [-0.39, 0.29) is 48.3 Å². The van der Waals surface area contributed by atoms with Gasteiger partial charge in [0.1, 0.15) is 12.2 Å². The molecule has 0 spiro atoms. The molecule has 0 unspecified atom stereocenters. The normalized spacial score (nSPS) is 22.8. The van der Waals surface area contributed by atoms with Crippen LogP contribution in [0.15, 0.2) is 36.7 Å². The van der Waals surface area contributed by atoms with Gasteiger partial charge in [-0.05, 0) is 93.0 Å². The number of alkyl halides is 3. The number of benzene rings is 2. The molecule has 2 saturated carbocycles. The minimum atomic E-state index is -4.62. The van der Waals surface area contributed by atoms with Crippen molar-refractivity contribution in [3.8, 4) is 6.07 Å². The monoisotopic (exact) mass is 621 g/mol. The lowest BCUT2D eigenvalue weighted by atomic mass is 9.61. The van der Waals surface area contributed by atoms with Gasteiger partial charge in [-0.3, -0.25) is 4.79 Å². The highest BCUT2D eigenvalue weighted by molar-refractivity contribution is 6.10. The Hall–Kier alpha value is -3.95. The number of methoxy groups -OCH3 is 1. The summed E-state index contributed by atoms with van der Waals surface area (Å²) in [5, 5.41) is 24.5. The molecule has 2 aliphatic carbocycles. The number of carbonyl (C=O) groups is 1. The van der Waals surface area contributed by atoms with E-state index in [1.54, 1.807) is 25.6 Å². The molecule has 1 atom stereocenters. The van der Waals surface area contributed by atoms with Crippen LogP contribution in [0.25, 0.3) is 0 Å². The second-order valence-corrected chi connectivity index (χ2v) is 13.1.